The number of benzene rings is 2. The van der Waals surface area contributed by atoms with Crippen molar-refractivity contribution in [3.05, 3.63) is 76.6 Å². The number of amides is 2. The first-order valence-electron chi connectivity index (χ1n) is 18.4. The number of esters is 1. The van der Waals surface area contributed by atoms with Gasteiger partial charge in [-0.3, -0.25) is 14.4 Å². The normalized spacial score (nSPS) is 12.0. The highest BCUT2D eigenvalue weighted by molar-refractivity contribution is 6.30. The lowest BCUT2D eigenvalue weighted by molar-refractivity contribution is -0.138. The fraction of sp³-hybridized carbons (Fsp3) is 0.571. The Morgan fingerprint density at radius 2 is 1.58 bits per heavy atom. The molecule has 0 saturated heterocycles. The molecule has 0 heterocycles. The highest BCUT2D eigenvalue weighted by atomic mass is 35.5. The molecule has 2 aromatic carbocycles. The van der Waals surface area contributed by atoms with Crippen LogP contribution in [-0.2, 0) is 19.1 Å². The summed E-state index contributed by atoms with van der Waals surface area (Å²) in [5.74, 6) is 2.16. The van der Waals surface area contributed by atoms with Crippen molar-refractivity contribution >= 4 is 35.6 Å². The second kappa shape index (κ2) is 30.9. The molecule has 294 valence electrons. The van der Waals surface area contributed by atoms with Crippen molar-refractivity contribution in [1.82, 2.24) is 10.2 Å². The first-order valence-corrected chi connectivity index (χ1v) is 18.7. The predicted molar refractivity (Wildman–Crippen MR) is 215 cm³/mol. The predicted octanol–water partition coefficient (Wildman–Crippen LogP) is 10.4. The fourth-order valence-electron chi connectivity index (χ4n) is 4.85. The number of likely N-dealkylation sites (N-methyl/N-ethyl adjacent to an activating group) is 1. The van der Waals surface area contributed by atoms with Crippen molar-refractivity contribution in [1.29, 1.82) is 5.41 Å². The van der Waals surface area contributed by atoms with Gasteiger partial charge in [0.2, 0.25) is 12.3 Å². The van der Waals surface area contributed by atoms with E-state index in [4.69, 9.17) is 21.7 Å². The fourth-order valence-corrected chi connectivity index (χ4v) is 4.98. The van der Waals surface area contributed by atoms with Crippen LogP contribution in [0.2, 0.25) is 5.02 Å². The van der Waals surface area contributed by atoms with Crippen LogP contribution in [0, 0.1) is 23.1 Å². The number of rotatable bonds is 18. The van der Waals surface area contributed by atoms with E-state index >= 15 is 0 Å². The number of methoxy groups -OCH3 is 2. The molecule has 0 radical (unpaired) electrons. The first kappa shape index (κ1) is 50.4. The molecule has 3 unspecified atom stereocenters. The second-order valence-electron chi connectivity index (χ2n) is 13.4. The Bertz CT molecular complexity index is 1300. The number of carbonyl (C=O) groups excluding carboxylic acids is 3. The largest absolute Gasteiger partial charge is 0.497 e. The number of hydrogen-bond donors (Lipinski definition) is 2. The highest BCUT2D eigenvalue weighted by Crippen LogP contribution is 2.32. The molecule has 2 rings (SSSR count). The average molecular weight is 748 g/mol. The molecule has 10 heteroatoms. The Balaban J connectivity index is 0. The van der Waals surface area contributed by atoms with Gasteiger partial charge in [0.25, 0.3) is 0 Å². The monoisotopic (exact) mass is 747 g/mol. The maximum atomic E-state index is 14.1. The number of halogens is 2. The van der Waals surface area contributed by atoms with E-state index < -0.39 is 0 Å². The molecular weight excluding hydrogens is 681 g/mol. The average Bonchev–Trinajstić information content (AvgIpc) is 3.12. The van der Waals surface area contributed by atoms with E-state index in [1.165, 1.54) is 37.8 Å². The molecule has 0 aliphatic rings. The number of hydrogen-bond acceptors (Lipinski definition) is 6. The molecule has 0 aliphatic heterocycles. The van der Waals surface area contributed by atoms with Crippen LogP contribution >= 0.6 is 11.6 Å². The molecule has 2 aromatic rings. The first-order chi connectivity index (χ1) is 24.6. The summed E-state index contributed by atoms with van der Waals surface area (Å²) in [5.41, 5.74) is 2.53. The zero-order chi connectivity index (χ0) is 40.1. The van der Waals surface area contributed by atoms with E-state index in [1.54, 1.807) is 21.1 Å². The lowest BCUT2D eigenvalue weighted by Gasteiger charge is -2.21. The van der Waals surface area contributed by atoms with Crippen molar-refractivity contribution < 1.29 is 28.2 Å². The minimum atomic E-state index is -0.245. The van der Waals surface area contributed by atoms with Crippen LogP contribution in [0.3, 0.4) is 0 Å². The minimum absolute atomic E-state index is 0.129. The van der Waals surface area contributed by atoms with Crippen molar-refractivity contribution in [2.24, 2.45) is 11.8 Å². The van der Waals surface area contributed by atoms with Gasteiger partial charge in [0, 0.05) is 49.9 Å². The van der Waals surface area contributed by atoms with E-state index in [-0.39, 0.29) is 17.7 Å². The summed E-state index contributed by atoms with van der Waals surface area (Å²) in [6.45, 7) is 17.9. The molecule has 2 N–H and O–H groups in total. The van der Waals surface area contributed by atoms with Crippen LogP contribution in [0.5, 0.6) is 5.75 Å². The third-order valence-electron chi connectivity index (χ3n) is 8.35. The summed E-state index contributed by atoms with van der Waals surface area (Å²) in [4.78, 5) is 32.9. The molecule has 52 heavy (non-hydrogen) atoms. The van der Waals surface area contributed by atoms with E-state index in [0.29, 0.717) is 35.1 Å². The summed E-state index contributed by atoms with van der Waals surface area (Å²) < 4.78 is 23.2. The van der Waals surface area contributed by atoms with Gasteiger partial charge in [-0.05, 0) is 98.1 Å². The summed E-state index contributed by atoms with van der Waals surface area (Å²) in [6.07, 6.45) is 11.3. The summed E-state index contributed by atoms with van der Waals surface area (Å²) in [6, 6.07) is 13.3. The Morgan fingerprint density at radius 1 is 0.962 bits per heavy atom. The summed E-state index contributed by atoms with van der Waals surface area (Å²) in [5, 5.41) is 10.1. The molecule has 0 aromatic heterocycles. The number of allylic oxidation sites excluding steroid dienone is 1. The highest BCUT2D eigenvalue weighted by Gasteiger charge is 2.18. The van der Waals surface area contributed by atoms with Gasteiger partial charge in [-0.1, -0.05) is 84.2 Å². The van der Waals surface area contributed by atoms with Crippen LogP contribution in [0.4, 0.5) is 4.39 Å². The maximum absolute atomic E-state index is 14.1. The van der Waals surface area contributed by atoms with E-state index in [9.17, 15) is 18.8 Å². The topological polar surface area (TPSA) is 109 Å². The number of carbonyl (C=O) groups is 3. The van der Waals surface area contributed by atoms with Crippen molar-refractivity contribution in [2.45, 2.75) is 112 Å². The van der Waals surface area contributed by atoms with E-state index in [0.717, 1.165) is 75.0 Å². The van der Waals surface area contributed by atoms with Crippen LogP contribution in [0.1, 0.15) is 123 Å². The third kappa shape index (κ3) is 26.1. The van der Waals surface area contributed by atoms with Crippen molar-refractivity contribution in [3.63, 3.8) is 0 Å². The smallest absolute Gasteiger partial charge is 0.302 e. The van der Waals surface area contributed by atoms with E-state index in [1.807, 2.05) is 29.2 Å². The van der Waals surface area contributed by atoms with Crippen LogP contribution in [-0.4, -0.2) is 63.3 Å². The minimum Gasteiger partial charge on any atom is -0.497 e. The number of nitrogens with one attached hydrogen (secondary N) is 2. The van der Waals surface area contributed by atoms with Gasteiger partial charge in [0.15, 0.2) is 0 Å². The molecule has 0 aliphatic carbocycles. The van der Waals surface area contributed by atoms with Gasteiger partial charge in [-0.25, -0.2) is 4.39 Å². The zero-order valence-corrected chi connectivity index (χ0v) is 34.4. The molecule has 0 fully saturated rings. The van der Waals surface area contributed by atoms with Crippen molar-refractivity contribution in [2.75, 3.05) is 34.4 Å². The molecule has 8 nitrogen and oxygen atoms in total. The van der Waals surface area contributed by atoms with E-state index in [2.05, 4.69) is 63.7 Å². The lowest BCUT2D eigenvalue weighted by atomic mass is 9.85. The molecule has 3 atom stereocenters. The van der Waals surface area contributed by atoms with Crippen LogP contribution < -0.4 is 10.1 Å². The van der Waals surface area contributed by atoms with Gasteiger partial charge in [-0.2, -0.15) is 0 Å². The van der Waals surface area contributed by atoms with Crippen LogP contribution in [0.25, 0.3) is 0 Å². The Labute approximate surface area is 319 Å². The second-order valence-corrected chi connectivity index (χ2v) is 13.8. The molecular formula is C42H67ClFN3O5. The SMILES string of the molecule is CC(C)CCN(C=O)CCCC(C)c1ccc(Cl)cc1.CCCC(CC(C)CC)c1ccc(OC)cc1F.CNC(=O)/C=C\C(C)=N.COC(C)=O. The Morgan fingerprint density at radius 3 is 2.02 bits per heavy atom. The van der Waals surface area contributed by atoms with Crippen LogP contribution in [0.15, 0.2) is 54.6 Å². The number of nitrogens with zero attached hydrogens (tertiary/aromatic N) is 1. The molecule has 2 amide bonds. The van der Waals surface area contributed by atoms with Gasteiger partial charge < -0.3 is 25.1 Å². The quantitative estimate of drug-likeness (QED) is 0.0683. The van der Waals surface area contributed by atoms with Gasteiger partial charge in [-0.15, -0.1) is 0 Å². The zero-order valence-electron chi connectivity index (χ0n) is 33.7. The van der Waals surface area contributed by atoms with Gasteiger partial charge >= 0.3 is 5.97 Å². The third-order valence-corrected chi connectivity index (χ3v) is 8.60. The van der Waals surface area contributed by atoms with Gasteiger partial charge in [0.05, 0.1) is 14.2 Å². The molecule has 0 saturated carbocycles. The Hall–Kier alpha value is -3.72. The Kier molecular flexibility index (Phi) is 29.9. The van der Waals surface area contributed by atoms with Gasteiger partial charge in [0.1, 0.15) is 11.6 Å². The maximum Gasteiger partial charge on any atom is 0.302 e. The number of ether oxygens (including phenoxy) is 2. The summed E-state index contributed by atoms with van der Waals surface area (Å²) >= 11 is 5.90. The standard InChI is InChI=1S/C17H26ClNO.C16H25FO.C6H10N2O.C3H6O2/c1-14(2)10-12-19(13-20)11-4-5-15(3)16-6-8-17(18)9-7-16;1-5-7-13(10-12(3)6-2)15-9-8-14(18-4)11-16(15)17;1-5(7)3-4-6(9)8-2;1-3(4)5-2/h6-9,13-15H,4-5,10-12H2,1-3H3;8-9,11-13H,5-7,10H2,1-4H3;3-4,7H,1-2H3,(H,8,9);1-2H3/b;;4-3-,7-5?;. The van der Waals surface area contributed by atoms with Crippen molar-refractivity contribution in [3.8, 4) is 5.75 Å². The molecule has 0 spiro atoms. The molecule has 0 bridgehead atoms. The lowest BCUT2D eigenvalue weighted by Crippen LogP contribution is -2.25. The summed E-state index contributed by atoms with van der Waals surface area (Å²) in [7, 11) is 4.46.